The molecule has 5 rings (SSSR count). The average Bonchev–Trinajstić information content (AvgIpc) is 3.55. The van der Waals surface area contributed by atoms with Crippen molar-refractivity contribution < 1.29 is 14.3 Å². The van der Waals surface area contributed by atoms with Crippen LogP contribution in [0.25, 0.3) is 21.5 Å². The number of amides is 1. The standard InChI is InChI=1S/C22H20N4O3S3/c1-26-19(14-10-30-15-8-4-3-6-12(14)15)24-25-22(26)31-11-17(27)23-20-18(21(28)29-2)13-7-5-9-16(13)32-20/h3-4,6,8,10H,5,7,9,11H2,1-2H3,(H,23,27). The molecule has 0 radical (unpaired) electrons. The maximum absolute atomic E-state index is 12.7. The van der Waals surface area contributed by atoms with Crippen molar-refractivity contribution in [2.24, 2.45) is 7.05 Å². The van der Waals surface area contributed by atoms with Crippen LogP contribution in [0, 0.1) is 0 Å². The molecule has 3 heterocycles. The number of fused-ring (bicyclic) bond motifs is 2. The number of rotatable bonds is 6. The fourth-order valence-corrected chi connectivity index (χ4v) is 6.87. The van der Waals surface area contributed by atoms with Crippen molar-refractivity contribution in [1.29, 1.82) is 0 Å². The van der Waals surface area contributed by atoms with Crippen molar-refractivity contribution in [3.8, 4) is 11.4 Å². The molecule has 1 amide bonds. The lowest BCUT2D eigenvalue weighted by molar-refractivity contribution is -0.113. The third kappa shape index (κ3) is 3.72. The number of carbonyl (C=O) groups is 2. The second-order valence-electron chi connectivity index (χ2n) is 7.40. The van der Waals surface area contributed by atoms with E-state index < -0.39 is 5.97 Å². The smallest absolute Gasteiger partial charge is 0.341 e. The first-order valence-electron chi connectivity index (χ1n) is 10.1. The predicted octanol–water partition coefficient (Wildman–Crippen LogP) is 4.76. The number of thiophene rings is 2. The molecule has 1 aromatic carbocycles. The van der Waals surface area contributed by atoms with Crippen molar-refractivity contribution in [2.45, 2.75) is 24.4 Å². The first-order chi connectivity index (χ1) is 15.6. The van der Waals surface area contributed by atoms with Gasteiger partial charge in [-0.25, -0.2) is 4.79 Å². The number of anilines is 1. The molecule has 1 aliphatic rings. The van der Waals surface area contributed by atoms with Crippen LogP contribution in [0.2, 0.25) is 0 Å². The summed E-state index contributed by atoms with van der Waals surface area (Å²) in [7, 11) is 3.27. The van der Waals surface area contributed by atoms with Crippen LogP contribution >= 0.6 is 34.4 Å². The summed E-state index contributed by atoms with van der Waals surface area (Å²) in [5.41, 5.74) is 2.56. The number of carbonyl (C=O) groups excluding carboxylic acids is 2. The number of hydrogen-bond acceptors (Lipinski definition) is 8. The molecular formula is C22H20N4O3S3. The summed E-state index contributed by atoms with van der Waals surface area (Å²) < 4.78 is 8.05. The van der Waals surface area contributed by atoms with Crippen molar-refractivity contribution >= 4 is 61.4 Å². The van der Waals surface area contributed by atoms with E-state index in [0.717, 1.165) is 46.5 Å². The van der Waals surface area contributed by atoms with Gasteiger partial charge in [0.05, 0.1) is 18.4 Å². The Morgan fingerprint density at radius 3 is 2.94 bits per heavy atom. The maximum Gasteiger partial charge on any atom is 0.341 e. The molecule has 0 saturated heterocycles. The number of esters is 1. The maximum atomic E-state index is 12.7. The van der Waals surface area contributed by atoms with E-state index in [1.54, 1.807) is 11.3 Å². The highest BCUT2D eigenvalue weighted by molar-refractivity contribution is 7.99. The van der Waals surface area contributed by atoms with E-state index in [1.807, 2.05) is 23.7 Å². The molecule has 7 nitrogen and oxygen atoms in total. The number of benzene rings is 1. The summed E-state index contributed by atoms with van der Waals surface area (Å²) >= 11 is 4.47. The van der Waals surface area contributed by atoms with Gasteiger partial charge in [0.25, 0.3) is 0 Å². The SMILES string of the molecule is COC(=O)c1c(NC(=O)CSc2nnc(-c3csc4ccccc34)n2C)sc2c1CCC2. The van der Waals surface area contributed by atoms with E-state index in [1.165, 1.54) is 34.9 Å². The van der Waals surface area contributed by atoms with Crippen LogP contribution in [0.3, 0.4) is 0 Å². The summed E-state index contributed by atoms with van der Waals surface area (Å²) in [5, 5.41) is 16.0. The van der Waals surface area contributed by atoms with Crippen LogP contribution < -0.4 is 5.32 Å². The third-order valence-corrected chi connectivity index (χ3v) is 8.64. The van der Waals surface area contributed by atoms with Gasteiger partial charge in [-0.15, -0.1) is 32.9 Å². The van der Waals surface area contributed by atoms with E-state index in [2.05, 4.69) is 33.0 Å². The zero-order chi connectivity index (χ0) is 22.2. The van der Waals surface area contributed by atoms with Crippen molar-refractivity contribution in [3.63, 3.8) is 0 Å². The van der Waals surface area contributed by atoms with E-state index >= 15 is 0 Å². The Morgan fingerprint density at radius 2 is 2.09 bits per heavy atom. The van der Waals surface area contributed by atoms with Gasteiger partial charge in [0.15, 0.2) is 11.0 Å². The van der Waals surface area contributed by atoms with Crippen molar-refractivity contribution in [3.05, 3.63) is 45.6 Å². The number of aryl methyl sites for hydroxylation is 1. The van der Waals surface area contributed by atoms with Gasteiger partial charge in [0.2, 0.25) is 5.91 Å². The Bertz CT molecular complexity index is 1340. The number of nitrogens with one attached hydrogen (secondary N) is 1. The third-order valence-electron chi connectivity index (χ3n) is 5.45. The first kappa shape index (κ1) is 21.2. The number of methoxy groups -OCH3 is 1. The second-order valence-corrected chi connectivity index (χ2v) is 10.4. The highest BCUT2D eigenvalue weighted by Crippen LogP contribution is 2.39. The van der Waals surface area contributed by atoms with Crippen LogP contribution in [-0.4, -0.2) is 39.5 Å². The van der Waals surface area contributed by atoms with Gasteiger partial charge in [-0.3, -0.25) is 4.79 Å². The molecule has 32 heavy (non-hydrogen) atoms. The molecule has 0 saturated carbocycles. The molecule has 3 aromatic heterocycles. The quantitative estimate of drug-likeness (QED) is 0.314. The zero-order valence-corrected chi connectivity index (χ0v) is 20.0. The Labute approximate surface area is 196 Å². The van der Waals surface area contributed by atoms with Gasteiger partial charge in [-0.2, -0.15) is 0 Å². The van der Waals surface area contributed by atoms with Gasteiger partial charge >= 0.3 is 5.97 Å². The molecule has 0 bridgehead atoms. The van der Waals surface area contributed by atoms with E-state index in [-0.39, 0.29) is 11.7 Å². The molecule has 1 N–H and O–H groups in total. The average molecular weight is 485 g/mol. The van der Waals surface area contributed by atoms with Crippen LogP contribution in [0.15, 0.2) is 34.8 Å². The second kappa shape index (κ2) is 8.68. The summed E-state index contributed by atoms with van der Waals surface area (Å²) in [4.78, 5) is 26.1. The number of hydrogen-bond donors (Lipinski definition) is 1. The molecule has 164 valence electrons. The lowest BCUT2D eigenvalue weighted by Gasteiger charge is -2.07. The number of ether oxygens (including phenoxy) is 1. The highest BCUT2D eigenvalue weighted by atomic mass is 32.2. The summed E-state index contributed by atoms with van der Waals surface area (Å²) in [5.74, 6) is 0.353. The van der Waals surface area contributed by atoms with E-state index in [0.29, 0.717) is 15.7 Å². The molecule has 0 spiro atoms. The summed E-state index contributed by atoms with van der Waals surface area (Å²) in [6.45, 7) is 0. The van der Waals surface area contributed by atoms with E-state index in [9.17, 15) is 9.59 Å². The van der Waals surface area contributed by atoms with Crippen LogP contribution in [0.4, 0.5) is 5.00 Å². The van der Waals surface area contributed by atoms with Gasteiger partial charge in [-0.05, 0) is 30.9 Å². The minimum Gasteiger partial charge on any atom is -0.465 e. The molecule has 0 fully saturated rings. The lowest BCUT2D eigenvalue weighted by atomic mass is 10.1. The normalized spacial score (nSPS) is 12.8. The Kier molecular flexibility index (Phi) is 5.75. The monoisotopic (exact) mass is 484 g/mol. The van der Waals surface area contributed by atoms with Gasteiger partial charge in [0, 0.05) is 33.0 Å². The molecule has 4 aromatic rings. The molecule has 1 aliphatic carbocycles. The number of nitrogens with zero attached hydrogens (tertiary/aromatic N) is 3. The molecule has 0 atom stereocenters. The zero-order valence-electron chi connectivity index (χ0n) is 17.5. The summed E-state index contributed by atoms with van der Waals surface area (Å²) in [6, 6.07) is 8.20. The first-order valence-corrected chi connectivity index (χ1v) is 12.8. The number of aromatic nitrogens is 3. The molecule has 0 unspecified atom stereocenters. The Morgan fingerprint density at radius 1 is 1.25 bits per heavy atom. The lowest BCUT2D eigenvalue weighted by Crippen LogP contribution is -2.16. The largest absolute Gasteiger partial charge is 0.465 e. The highest BCUT2D eigenvalue weighted by Gasteiger charge is 2.28. The van der Waals surface area contributed by atoms with Gasteiger partial charge in [-0.1, -0.05) is 30.0 Å². The van der Waals surface area contributed by atoms with Crippen LogP contribution in [0.5, 0.6) is 0 Å². The van der Waals surface area contributed by atoms with E-state index in [4.69, 9.17) is 4.74 Å². The molecule has 0 aliphatic heterocycles. The molecule has 10 heteroatoms. The Hall–Kier alpha value is -2.69. The number of thioether (sulfide) groups is 1. The fourth-order valence-electron chi connectivity index (χ4n) is 3.93. The minimum absolute atomic E-state index is 0.166. The van der Waals surface area contributed by atoms with Gasteiger partial charge < -0.3 is 14.6 Å². The van der Waals surface area contributed by atoms with Crippen LogP contribution in [-0.2, 0) is 29.4 Å². The predicted molar refractivity (Wildman–Crippen MR) is 129 cm³/mol. The Balaban J connectivity index is 1.30. The fraction of sp³-hybridized carbons (Fsp3) is 0.273. The minimum atomic E-state index is -0.395. The topological polar surface area (TPSA) is 86.1 Å². The van der Waals surface area contributed by atoms with Crippen LogP contribution in [0.1, 0.15) is 27.2 Å². The molecular weight excluding hydrogens is 464 g/mol. The van der Waals surface area contributed by atoms with Crippen molar-refractivity contribution in [2.75, 3.05) is 18.2 Å². The summed E-state index contributed by atoms with van der Waals surface area (Å²) in [6.07, 6.45) is 2.82. The van der Waals surface area contributed by atoms with Gasteiger partial charge in [0.1, 0.15) is 5.00 Å². The van der Waals surface area contributed by atoms with Crippen molar-refractivity contribution in [1.82, 2.24) is 14.8 Å².